The molecule has 0 atom stereocenters. The third-order valence-electron chi connectivity index (χ3n) is 4.98. The van der Waals surface area contributed by atoms with Gasteiger partial charge in [0.15, 0.2) is 0 Å². The monoisotopic (exact) mass is 410 g/mol. The highest BCUT2D eigenvalue weighted by molar-refractivity contribution is 8.18. The van der Waals surface area contributed by atoms with E-state index in [0.29, 0.717) is 28.6 Å². The minimum absolute atomic E-state index is 0.320. The van der Waals surface area contributed by atoms with Crippen molar-refractivity contribution in [3.63, 3.8) is 0 Å². The first-order valence-corrected chi connectivity index (χ1v) is 10.4. The molecule has 1 aliphatic carbocycles. The molecule has 4 rings (SSSR count). The van der Waals surface area contributed by atoms with E-state index in [9.17, 15) is 9.59 Å². The van der Waals surface area contributed by atoms with Gasteiger partial charge in [0.25, 0.3) is 11.1 Å². The van der Waals surface area contributed by atoms with Gasteiger partial charge in [0, 0.05) is 37.2 Å². The highest BCUT2D eigenvalue weighted by Gasteiger charge is 2.25. The number of nitrogens with one attached hydrogen (secondary N) is 3. The Morgan fingerprint density at radius 3 is 2.69 bits per heavy atom. The topological polar surface area (TPSA) is 109 Å². The lowest BCUT2D eigenvalue weighted by atomic mass is 9.91. The van der Waals surface area contributed by atoms with Crippen LogP contribution in [-0.2, 0) is 11.3 Å². The molecule has 2 aromatic rings. The molecule has 0 spiro atoms. The molecule has 150 valence electrons. The van der Waals surface area contributed by atoms with E-state index in [2.05, 4.69) is 37.0 Å². The number of hydrogen-bond acceptors (Lipinski definition) is 8. The number of anilines is 1. The molecule has 2 amide bonds. The molecule has 2 aliphatic rings. The summed E-state index contributed by atoms with van der Waals surface area (Å²) in [6.45, 7) is 0.838. The molecule has 1 aliphatic heterocycles. The van der Waals surface area contributed by atoms with Gasteiger partial charge in [-0.25, -0.2) is 9.97 Å². The first-order valence-electron chi connectivity index (χ1n) is 9.62. The maximum absolute atomic E-state index is 11.7. The summed E-state index contributed by atoms with van der Waals surface area (Å²) in [5, 5.41) is 8.88. The van der Waals surface area contributed by atoms with Crippen molar-refractivity contribution in [3.05, 3.63) is 53.0 Å². The van der Waals surface area contributed by atoms with Crippen molar-refractivity contribution in [3.8, 4) is 0 Å². The fraction of sp³-hybridized carbons (Fsp3) is 0.350. The lowest BCUT2D eigenvalue weighted by Crippen LogP contribution is -2.36. The Kier molecular flexibility index (Phi) is 6.16. The molecule has 29 heavy (non-hydrogen) atoms. The van der Waals surface area contributed by atoms with Gasteiger partial charge in [-0.05, 0) is 61.2 Å². The number of pyridine rings is 1. The largest absolute Gasteiger partial charge is 0.351 e. The lowest BCUT2D eigenvalue weighted by Gasteiger charge is -2.29. The molecule has 2 aromatic heterocycles. The molecule has 3 N–H and O–H groups in total. The van der Waals surface area contributed by atoms with Crippen molar-refractivity contribution < 1.29 is 9.59 Å². The van der Waals surface area contributed by atoms with E-state index in [4.69, 9.17) is 0 Å². The number of carbonyl (C=O) groups is 2. The van der Waals surface area contributed by atoms with Gasteiger partial charge >= 0.3 is 0 Å². The zero-order chi connectivity index (χ0) is 20.1. The molecule has 0 aromatic carbocycles. The number of amides is 2. The smallest absolute Gasteiger partial charge is 0.290 e. The summed E-state index contributed by atoms with van der Waals surface area (Å²) >= 11 is 0.883. The molecule has 8 nitrogen and oxygen atoms in total. The van der Waals surface area contributed by atoms with Crippen molar-refractivity contribution in [1.29, 1.82) is 0 Å². The van der Waals surface area contributed by atoms with Crippen LogP contribution >= 0.6 is 11.8 Å². The van der Waals surface area contributed by atoms with Gasteiger partial charge in [0.05, 0.1) is 10.6 Å². The summed E-state index contributed by atoms with van der Waals surface area (Å²) in [6.07, 6.45) is 11.2. The molecule has 9 heteroatoms. The van der Waals surface area contributed by atoms with Crippen LogP contribution in [0.15, 0.2) is 41.7 Å². The van der Waals surface area contributed by atoms with E-state index >= 15 is 0 Å². The van der Waals surface area contributed by atoms with E-state index in [1.54, 1.807) is 24.5 Å². The average Bonchev–Trinajstić information content (AvgIpc) is 3.05. The van der Waals surface area contributed by atoms with Gasteiger partial charge in [-0.2, -0.15) is 0 Å². The van der Waals surface area contributed by atoms with Crippen molar-refractivity contribution in [2.45, 2.75) is 44.3 Å². The first-order chi connectivity index (χ1) is 14.2. The van der Waals surface area contributed by atoms with Crippen LogP contribution < -0.4 is 16.0 Å². The quantitative estimate of drug-likeness (QED) is 0.624. The van der Waals surface area contributed by atoms with Crippen molar-refractivity contribution in [2.75, 3.05) is 5.32 Å². The first kappa shape index (κ1) is 19.5. The highest BCUT2D eigenvalue weighted by Crippen LogP contribution is 2.25. The van der Waals surface area contributed by atoms with Gasteiger partial charge in [-0.3, -0.25) is 19.9 Å². The summed E-state index contributed by atoms with van der Waals surface area (Å²) in [4.78, 5) is 36.2. The van der Waals surface area contributed by atoms with Crippen LogP contribution in [0.5, 0.6) is 0 Å². The summed E-state index contributed by atoms with van der Waals surface area (Å²) in [7, 11) is 0. The third-order valence-corrected chi connectivity index (χ3v) is 5.79. The highest BCUT2D eigenvalue weighted by atomic mass is 32.2. The van der Waals surface area contributed by atoms with Crippen molar-refractivity contribution in [1.82, 2.24) is 25.6 Å². The molecule has 0 unspecified atom stereocenters. The second-order valence-electron chi connectivity index (χ2n) is 7.09. The molecular weight excluding hydrogens is 388 g/mol. The molecule has 2 fully saturated rings. The van der Waals surface area contributed by atoms with E-state index in [0.717, 1.165) is 44.0 Å². The van der Waals surface area contributed by atoms with E-state index in [-0.39, 0.29) is 11.1 Å². The Morgan fingerprint density at radius 2 is 1.97 bits per heavy atom. The Bertz CT molecular complexity index is 912. The average molecular weight is 411 g/mol. The van der Waals surface area contributed by atoms with Crippen LogP contribution in [0.2, 0.25) is 0 Å². The summed E-state index contributed by atoms with van der Waals surface area (Å²) in [5.41, 5.74) is 1.80. The third kappa shape index (κ3) is 5.39. The van der Waals surface area contributed by atoms with Crippen LogP contribution in [0, 0.1) is 0 Å². The minimum atomic E-state index is -0.384. The fourth-order valence-electron chi connectivity index (χ4n) is 3.47. The SMILES string of the molecule is O=C1NC(=O)/C(=C/c2ccnc(NC3CCC(NCc4cccnc4)CC3)n2)S1. The second-order valence-corrected chi connectivity index (χ2v) is 8.11. The Balaban J connectivity index is 1.28. The zero-order valence-electron chi connectivity index (χ0n) is 15.8. The Hall–Kier alpha value is -2.78. The van der Waals surface area contributed by atoms with Crippen molar-refractivity contribution in [2.24, 2.45) is 0 Å². The number of thioether (sulfide) groups is 1. The van der Waals surface area contributed by atoms with Crippen LogP contribution in [0.1, 0.15) is 36.9 Å². The molecule has 0 radical (unpaired) electrons. The summed E-state index contributed by atoms with van der Waals surface area (Å²) in [5.74, 6) is 0.158. The van der Waals surface area contributed by atoms with Crippen LogP contribution in [0.25, 0.3) is 6.08 Å². The number of imide groups is 1. The van der Waals surface area contributed by atoms with Crippen LogP contribution in [0.3, 0.4) is 0 Å². The maximum Gasteiger partial charge on any atom is 0.290 e. The van der Waals surface area contributed by atoms with Gasteiger partial charge in [-0.1, -0.05) is 6.07 Å². The number of aromatic nitrogens is 3. The second kappa shape index (κ2) is 9.15. The number of nitrogens with zero attached hydrogens (tertiary/aromatic N) is 3. The molecule has 0 bridgehead atoms. The fourth-order valence-corrected chi connectivity index (χ4v) is 4.13. The standard InChI is InChI=1S/C20H22N6O2S/c27-18-17(29-20(28)26-18)10-16-7-9-22-19(25-16)24-15-5-3-14(4-6-15)23-12-13-2-1-8-21-11-13/h1-2,7-11,14-15,23H,3-6,12H2,(H,22,24,25)(H,26,27,28)/b17-10-. The summed E-state index contributed by atoms with van der Waals surface area (Å²) < 4.78 is 0. The minimum Gasteiger partial charge on any atom is -0.351 e. The lowest BCUT2D eigenvalue weighted by molar-refractivity contribution is -0.115. The predicted molar refractivity (Wildman–Crippen MR) is 112 cm³/mol. The summed E-state index contributed by atoms with van der Waals surface area (Å²) in [6, 6.07) is 6.57. The van der Waals surface area contributed by atoms with Crippen LogP contribution in [0.4, 0.5) is 10.7 Å². The number of carbonyl (C=O) groups excluding carboxylic acids is 2. The van der Waals surface area contributed by atoms with E-state index in [1.165, 1.54) is 5.56 Å². The van der Waals surface area contributed by atoms with Gasteiger partial charge in [-0.15, -0.1) is 0 Å². The Morgan fingerprint density at radius 1 is 1.14 bits per heavy atom. The van der Waals surface area contributed by atoms with Crippen LogP contribution in [-0.4, -0.2) is 38.2 Å². The van der Waals surface area contributed by atoms with Gasteiger partial charge in [0.2, 0.25) is 5.95 Å². The molecule has 1 saturated carbocycles. The molecule has 1 saturated heterocycles. The van der Waals surface area contributed by atoms with E-state index < -0.39 is 0 Å². The van der Waals surface area contributed by atoms with Crippen molar-refractivity contribution >= 4 is 34.9 Å². The van der Waals surface area contributed by atoms with Gasteiger partial charge in [0.1, 0.15) is 0 Å². The number of rotatable bonds is 6. The maximum atomic E-state index is 11.7. The Labute approximate surface area is 173 Å². The molecular formula is C20H22N6O2S. The predicted octanol–water partition coefficient (Wildman–Crippen LogP) is 2.71. The number of hydrogen-bond donors (Lipinski definition) is 3. The zero-order valence-corrected chi connectivity index (χ0v) is 16.6. The van der Waals surface area contributed by atoms with E-state index in [1.807, 2.05) is 12.3 Å². The van der Waals surface area contributed by atoms with Gasteiger partial charge < -0.3 is 10.6 Å². The normalized spacial score (nSPS) is 23.2. The molecule has 3 heterocycles.